The molecule has 1 aromatic carbocycles. The maximum atomic E-state index is 12.0. The quantitative estimate of drug-likeness (QED) is 0.910. The normalized spacial score (nSPS) is 15.1. The molecule has 0 fully saturated rings. The minimum absolute atomic E-state index is 0.0300. The van der Waals surface area contributed by atoms with Crippen molar-refractivity contribution in [3.05, 3.63) is 41.3 Å². The number of benzene rings is 1. The third kappa shape index (κ3) is 3.38. The second kappa shape index (κ2) is 6.43. The van der Waals surface area contributed by atoms with Gasteiger partial charge in [-0.25, -0.2) is 0 Å². The summed E-state index contributed by atoms with van der Waals surface area (Å²) in [6.07, 6.45) is 0. The average molecular weight is 276 g/mol. The predicted molar refractivity (Wildman–Crippen MR) is 77.3 cm³/mol. The number of thioether (sulfide) groups is 1. The summed E-state index contributed by atoms with van der Waals surface area (Å²) < 4.78 is 0. The minimum atomic E-state index is -0.135. The highest BCUT2D eigenvalue weighted by Crippen LogP contribution is 2.27. The SMILES string of the molecule is CCNC(=O)CN1C(=O)CSC=C1c1ccccc1. The van der Waals surface area contributed by atoms with E-state index in [0.29, 0.717) is 12.3 Å². The van der Waals surface area contributed by atoms with E-state index in [0.717, 1.165) is 11.3 Å². The Morgan fingerprint density at radius 2 is 2.11 bits per heavy atom. The van der Waals surface area contributed by atoms with Crippen LogP contribution in [0.1, 0.15) is 12.5 Å². The lowest BCUT2D eigenvalue weighted by Gasteiger charge is -2.28. The monoisotopic (exact) mass is 276 g/mol. The first kappa shape index (κ1) is 13.7. The van der Waals surface area contributed by atoms with Crippen LogP contribution < -0.4 is 5.32 Å². The lowest BCUT2D eigenvalue weighted by molar-refractivity contribution is -0.131. The summed E-state index contributed by atoms with van der Waals surface area (Å²) in [7, 11) is 0. The Hall–Kier alpha value is -1.75. The Balaban J connectivity index is 2.22. The molecule has 100 valence electrons. The predicted octanol–water partition coefficient (Wildman–Crippen LogP) is 1.70. The molecule has 0 aromatic heterocycles. The van der Waals surface area contributed by atoms with Gasteiger partial charge < -0.3 is 10.2 Å². The molecule has 1 aliphatic rings. The van der Waals surface area contributed by atoms with Crippen molar-refractivity contribution in [3.63, 3.8) is 0 Å². The standard InChI is InChI=1S/C14H16N2O2S/c1-2-15-13(17)8-16-12(9-19-10-14(16)18)11-6-4-3-5-7-11/h3-7,9H,2,8,10H2,1H3,(H,15,17). The molecule has 0 saturated heterocycles. The van der Waals surface area contributed by atoms with Gasteiger partial charge in [-0.05, 0) is 17.9 Å². The average Bonchev–Trinajstić information content (AvgIpc) is 2.42. The van der Waals surface area contributed by atoms with Gasteiger partial charge in [-0.15, -0.1) is 11.8 Å². The lowest BCUT2D eigenvalue weighted by Crippen LogP contribution is -2.41. The van der Waals surface area contributed by atoms with Crippen molar-refractivity contribution in [2.45, 2.75) is 6.92 Å². The molecule has 2 rings (SSSR count). The smallest absolute Gasteiger partial charge is 0.240 e. The maximum Gasteiger partial charge on any atom is 0.240 e. The molecule has 0 radical (unpaired) electrons. The molecular formula is C14H16N2O2S. The van der Waals surface area contributed by atoms with Gasteiger partial charge in [0.05, 0.1) is 11.4 Å². The summed E-state index contributed by atoms with van der Waals surface area (Å²) in [5.74, 6) is 0.220. The summed E-state index contributed by atoms with van der Waals surface area (Å²) in [6, 6.07) is 9.65. The molecule has 0 unspecified atom stereocenters. The molecule has 0 aliphatic carbocycles. The van der Waals surface area contributed by atoms with E-state index >= 15 is 0 Å². The van der Waals surface area contributed by atoms with Crippen LogP contribution in [-0.2, 0) is 9.59 Å². The molecule has 0 atom stereocenters. The van der Waals surface area contributed by atoms with E-state index in [1.165, 1.54) is 11.8 Å². The molecule has 1 aliphatic heterocycles. The summed E-state index contributed by atoms with van der Waals surface area (Å²) in [6.45, 7) is 2.51. The zero-order valence-corrected chi connectivity index (χ0v) is 11.6. The first-order valence-corrected chi connectivity index (χ1v) is 7.21. The Morgan fingerprint density at radius 1 is 1.37 bits per heavy atom. The first-order valence-electron chi connectivity index (χ1n) is 6.16. The second-order valence-electron chi connectivity index (χ2n) is 4.11. The highest BCUT2D eigenvalue weighted by molar-refractivity contribution is 8.03. The van der Waals surface area contributed by atoms with Gasteiger partial charge in [-0.3, -0.25) is 9.59 Å². The van der Waals surface area contributed by atoms with Gasteiger partial charge in [0.2, 0.25) is 11.8 Å². The lowest BCUT2D eigenvalue weighted by atomic mass is 10.1. The molecule has 0 spiro atoms. The number of hydrogen-bond acceptors (Lipinski definition) is 3. The van der Waals surface area contributed by atoms with Gasteiger partial charge in [0, 0.05) is 6.54 Å². The Labute approximate surface area is 116 Å². The van der Waals surface area contributed by atoms with Crippen molar-refractivity contribution >= 4 is 29.3 Å². The third-order valence-corrected chi connectivity index (χ3v) is 3.54. The van der Waals surface area contributed by atoms with Gasteiger partial charge in [0.15, 0.2) is 0 Å². The molecule has 4 nitrogen and oxygen atoms in total. The van der Waals surface area contributed by atoms with E-state index in [-0.39, 0.29) is 18.4 Å². The van der Waals surface area contributed by atoms with Crippen molar-refractivity contribution in [1.29, 1.82) is 0 Å². The van der Waals surface area contributed by atoms with Crippen LogP contribution in [0.3, 0.4) is 0 Å². The van der Waals surface area contributed by atoms with E-state index in [1.807, 2.05) is 42.7 Å². The molecule has 19 heavy (non-hydrogen) atoms. The number of nitrogens with zero attached hydrogens (tertiary/aromatic N) is 1. The Kier molecular flexibility index (Phi) is 4.63. The van der Waals surface area contributed by atoms with Crippen molar-refractivity contribution in [3.8, 4) is 0 Å². The molecule has 2 amide bonds. The molecular weight excluding hydrogens is 260 g/mol. The topological polar surface area (TPSA) is 49.4 Å². The number of carbonyl (C=O) groups excluding carboxylic acids is 2. The van der Waals surface area contributed by atoms with Crippen LogP contribution in [0.4, 0.5) is 0 Å². The highest BCUT2D eigenvalue weighted by atomic mass is 32.2. The van der Waals surface area contributed by atoms with Crippen LogP contribution in [0, 0.1) is 0 Å². The van der Waals surface area contributed by atoms with Gasteiger partial charge in [-0.2, -0.15) is 0 Å². The van der Waals surface area contributed by atoms with Crippen molar-refractivity contribution in [2.75, 3.05) is 18.8 Å². The van der Waals surface area contributed by atoms with Crippen LogP contribution in [0.15, 0.2) is 35.7 Å². The maximum absolute atomic E-state index is 12.0. The van der Waals surface area contributed by atoms with Crippen LogP contribution >= 0.6 is 11.8 Å². The van der Waals surface area contributed by atoms with Crippen molar-refractivity contribution in [2.24, 2.45) is 0 Å². The largest absolute Gasteiger partial charge is 0.355 e. The molecule has 5 heteroatoms. The molecule has 1 heterocycles. The van der Waals surface area contributed by atoms with Crippen LogP contribution in [0.25, 0.3) is 5.70 Å². The molecule has 1 N–H and O–H groups in total. The van der Waals surface area contributed by atoms with E-state index in [2.05, 4.69) is 5.32 Å². The summed E-state index contributed by atoms with van der Waals surface area (Å²) in [4.78, 5) is 25.2. The van der Waals surface area contributed by atoms with Crippen molar-refractivity contribution < 1.29 is 9.59 Å². The number of nitrogens with one attached hydrogen (secondary N) is 1. The van der Waals surface area contributed by atoms with Gasteiger partial charge >= 0.3 is 0 Å². The number of hydrogen-bond donors (Lipinski definition) is 1. The molecule has 0 saturated carbocycles. The fourth-order valence-electron chi connectivity index (χ4n) is 1.87. The zero-order chi connectivity index (χ0) is 13.7. The number of amides is 2. The molecule has 1 aromatic rings. The van der Waals surface area contributed by atoms with Gasteiger partial charge in [-0.1, -0.05) is 30.3 Å². The summed E-state index contributed by atoms with van der Waals surface area (Å²) in [5, 5.41) is 4.66. The van der Waals surface area contributed by atoms with Crippen LogP contribution in [0.5, 0.6) is 0 Å². The van der Waals surface area contributed by atoms with E-state index in [1.54, 1.807) is 4.90 Å². The summed E-state index contributed by atoms with van der Waals surface area (Å²) in [5.41, 5.74) is 1.75. The van der Waals surface area contributed by atoms with Gasteiger partial charge in [0.25, 0.3) is 0 Å². The molecule has 0 bridgehead atoms. The fraction of sp³-hybridized carbons (Fsp3) is 0.286. The first-order chi connectivity index (χ1) is 9.22. The Bertz CT molecular complexity index is 499. The van der Waals surface area contributed by atoms with Crippen molar-refractivity contribution in [1.82, 2.24) is 10.2 Å². The zero-order valence-electron chi connectivity index (χ0n) is 10.8. The second-order valence-corrected chi connectivity index (χ2v) is 4.97. The fourth-order valence-corrected chi connectivity index (χ4v) is 2.67. The third-order valence-electron chi connectivity index (χ3n) is 2.74. The number of carbonyl (C=O) groups is 2. The number of likely N-dealkylation sites (N-methyl/N-ethyl adjacent to an activating group) is 1. The number of rotatable bonds is 4. The van der Waals surface area contributed by atoms with Crippen LogP contribution in [-0.4, -0.2) is 35.6 Å². The minimum Gasteiger partial charge on any atom is -0.355 e. The summed E-state index contributed by atoms with van der Waals surface area (Å²) >= 11 is 1.47. The Morgan fingerprint density at radius 3 is 2.79 bits per heavy atom. The van der Waals surface area contributed by atoms with Gasteiger partial charge in [0.1, 0.15) is 6.54 Å². The van der Waals surface area contributed by atoms with E-state index < -0.39 is 0 Å². The van der Waals surface area contributed by atoms with E-state index in [4.69, 9.17) is 0 Å². The highest BCUT2D eigenvalue weighted by Gasteiger charge is 2.24. The van der Waals surface area contributed by atoms with E-state index in [9.17, 15) is 9.59 Å². The van der Waals surface area contributed by atoms with Crippen LogP contribution in [0.2, 0.25) is 0 Å².